The number of thioether (sulfide) groups is 1. The van der Waals surface area contributed by atoms with Crippen molar-refractivity contribution in [1.29, 1.82) is 0 Å². The highest BCUT2D eigenvalue weighted by Gasteiger charge is 2.22. The van der Waals surface area contributed by atoms with Gasteiger partial charge in [0.1, 0.15) is 5.75 Å². The topological polar surface area (TPSA) is 74.8 Å². The number of carbonyl (C=O) groups is 2. The fraction of sp³-hybridized carbons (Fsp3) is 0.320. The summed E-state index contributed by atoms with van der Waals surface area (Å²) in [7, 11) is 1.66. The second-order valence-corrected chi connectivity index (χ2v) is 10.1. The molecule has 2 heterocycles. The monoisotopic (exact) mass is 496 g/mol. The van der Waals surface area contributed by atoms with Crippen molar-refractivity contribution < 1.29 is 14.3 Å². The first-order valence-electron chi connectivity index (χ1n) is 11.1. The van der Waals surface area contributed by atoms with Crippen LogP contribution in [0.15, 0.2) is 58.3 Å². The lowest BCUT2D eigenvalue weighted by Crippen LogP contribution is -2.49. The number of aryl methyl sites for hydroxylation is 1. The summed E-state index contributed by atoms with van der Waals surface area (Å²) in [5, 5.41) is 4.80. The van der Waals surface area contributed by atoms with Gasteiger partial charge < -0.3 is 19.9 Å². The smallest absolute Gasteiger partial charge is 0.234 e. The Morgan fingerprint density at radius 2 is 1.88 bits per heavy atom. The molecule has 1 N–H and O–H groups in total. The van der Waals surface area contributed by atoms with Crippen LogP contribution in [0.3, 0.4) is 0 Å². The van der Waals surface area contributed by atoms with Gasteiger partial charge in [-0.15, -0.1) is 11.3 Å². The number of carbonyl (C=O) groups excluding carboxylic acids is 2. The number of nitrogens with one attached hydrogen (secondary N) is 1. The van der Waals surface area contributed by atoms with Gasteiger partial charge in [0.05, 0.1) is 25.0 Å². The van der Waals surface area contributed by atoms with Crippen molar-refractivity contribution in [1.82, 2.24) is 9.88 Å². The Bertz CT molecular complexity index is 1130. The Morgan fingerprint density at radius 1 is 1.12 bits per heavy atom. The molecule has 4 rings (SSSR count). The number of rotatable bonds is 8. The van der Waals surface area contributed by atoms with E-state index in [1.807, 2.05) is 59.7 Å². The molecule has 0 spiro atoms. The molecule has 34 heavy (non-hydrogen) atoms. The van der Waals surface area contributed by atoms with Crippen molar-refractivity contribution in [3.05, 3.63) is 65.2 Å². The molecule has 1 fully saturated rings. The van der Waals surface area contributed by atoms with Crippen LogP contribution in [-0.2, 0) is 16.0 Å². The summed E-state index contributed by atoms with van der Waals surface area (Å²) in [6, 6.07) is 15.7. The Balaban J connectivity index is 1.22. The zero-order valence-electron chi connectivity index (χ0n) is 19.3. The number of aromatic nitrogens is 1. The molecule has 9 heteroatoms. The second-order valence-electron chi connectivity index (χ2n) is 8.05. The zero-order chi connectivity index (χ0) is 23.9. The molecule has 0 saturated carbocycles. The standard InChI is InChI=1S/C25H28N4O3S2/c1-18-6-8-19(9-7-18)26-23(30)17-34-25-27-20(16-33-25)14-24(31)29-12-10-28(11-13-29)21-4-3-5-22(15-21)32-2/h3-9,15-16H,10-14,17H2,1-2H3,(H,26,30). The van der Waals surface area contributed by atoms with E-state index < -0.39 is 0 Å². The van der Waals surface area contributed by atoms with E-state index in [4.69, 9.17) is 4.74 Å². The van der Waals surface area contributed by atoms with Gasteiger partial charge in [0.15, 0.2) is 4.34 Å². The average molecular weight is 497 g/mol. The predicted molar refractivity (Wildman–Crippen MR) is 138 cm³/mol. The molecule has 1 aromatic heterocycles. The molecule has 1 saturated heterocycles. The summed E-state index contributed by atoms with van der Waals surface area (Å²) in [5.74, 6) is 1.13. The van der Waals surface area contributed by atoms with Crippen LogP contribution in [-0.4, -0.2) is 60.7 Å². The minimum atomic E-state index is -0.0735. The average Bonchev–Trinajstić information content (AvgIpc) is 3.31. The highest BCUT2D eigenvalue weighted by Crippen LogP contribution is 2.25. The van der Waals surface area contributed by atoms with Crippen LogP contribution in [0.1, 0.15) is 11.3 Å². The fourth-order valence-corrected chi connectivity index (χ4v) is 5.33. The number of nitrogens with zero attached hydrogens (tertiary/aromatic N) is 3. The highest BCUT2D eigenvalue weighted by atomic mass is 32.2. The van der Waals surface area contributed by atoms with E-state index in [2.05, 4.69) is 21.3 Å². The Labute approximate surface area is 208 Å². The molecular weight excluding hydrogens is 468 g/mol. The normalized spacial score (nSPS) is 13.6. The van der Waals surface area contributed by atoms with Crippen LogP contribution >= 0.6 is 23.1 Å². The molecule has 0 aliphatic carbocycles. The number of anilines is 2. The number of hydrogen-bond acceptors (Lipinski definition) is 7. The molecule has 0 unspecified atom stereocenters. The van der Waals surface area contributed by atoms with E-state index in [9.17, 15) is 9.59 Å². The molecule has 2 amide bonds. The third-order valence-corrected chi connectivity index (χ3v) is 7.65. The van der Waals surface area contributed by atoms with E-state index in [1.165, 1.54) is 23.1 Å². The van der Waals surface area contributed by atoms with Gasteiger partial charge >= 0.3 is 0 Å². The number of thiazole rings is 1. The Kier molecular flexibility index (Phi) is 8.08. The highest BCUT2D eigenvalue weighted by molar-refractivity contribution is 8.01. The van der Waals surface area contributed by atoms with Crippen LogP contribution in [0.5, 0.6) is 5.75 Å². The number of piperazine rings is 1. The summed E-state index contributed by atoms with van der Waals surface area (Å²) in [6.07, 6.45) is 0.284. The van der Waals surface area contributed by atoms with Gasteiger partial charge in [-0.2, -0.15) is 0 Å². The molecule has 1 aliphatic rings. The molecule has 2 aromatic carbocycles. The second kappa shape index (κ2) is 11.4. The van der Waals surface area contributed by atoms with Crippen molar-refractivity contribution in [3.63, 3.8) is 0 Å². The van der Waals surface area contributed by atoms with Gasteiger partial charge in [-0.25, -0.2) is 4.98 Å². The molecular formula is C25H28N4O3S2. The van der Waals surface area contributed by atoms with Crippen molar-refractivity contribution in [2.75, 3.05) is 49.3 Å². The van der Waals surface area contributed by atoms with Crippen molar-refractivity contribution in [3.8, 4) is 5.75 Å². The summed E-state index contributed by atoms with van der Waals surface area (Å²) >= 11 is 2.86. The Morgan fingerprint density at radius 3 is 2.62 bits per heavy atom. The van der Waals surface area contributed by atoms with E-state index in [0.29, 0.717) is 13.1 Å². The first-order valence-corrected chi connectivity index (χ1v) is 13.0. The first kappa shape index (κ1) is 24.1. The summed E-state index contributed by atoms with van der Waals surface area (Å²) in [6.45, 7) is 4.94. The molecule has 1 aliphatic heterocycles. The van der Waals surface area contributed by atoms with Crippen molar-refractivity contribution in [2.24, 2.45) is 0 Å². The maximum Gasteiger partial charge on any atom is 0.234 e. The van der Waals surface area contributed by atoms with Gasteiger partial charge in [-0.3, -0.25) is 9.59 Å². The van der Waals surface area contributed by atoms with Crippen molar-refractivity contribution >= 4 is 46.3 Å². The van der Waals surface area contributed by atoms with Gasteiger partial charge in [0.25, 0.3) is 0 Å². The fourth-order valence-electron chi connectivity index (χ4n) is 3.69. The minimum absolute atomic E-state index is 0.0735. The number of benzene rings is 2. The number of amides is 2. The van der Waals surface area contributed by atoms with Crippen LogP contribution in [0, 0.1) is 6.92 Å². The summed E-state index contributed by atoms with van der Waals surface area (Å²) < 4.78 is 6.11. The molecule has 7 nitrogen and oxygen atoms in total. The predicted octanol–water partition coefficient (Wildman–Crippen LogP) is 4.08. The molecule has 3 aromatic rings. The van der Waals surface area contributed by atoms with Crippen LogP contribution in [0.2, 0.25) is 0 Å². The lowest BCUT2D eigenvalue weighted by atomic mass is 10.2. The number of hydrogen-bond donors (Lipinski definition) is 1. The van der Waals surface area contributed by atoms with Gasteiger partial charge in [-0.1, -0.05) is 35.5 Å². The molecule has 178 valence electrons. The zero-order valence-corrected chi connectivity index (χ0v) is 21.0. The first-order chi connectivity index (χ1) is 16.5. The van der Waals surface area contributed by atoms with Crippen molar-refractivity contribution in [2.45, 2.75) is 17.7 Å². The summed E-state index contributed by atoms with van der Waals surface area (Å²) in [4.78, 5) is 33.7. The van der Waals surface area contributed by atoms with Gasteiger partial charge in [0, 0.05) is 49.0 Å². The van der Waals surface area contributed by atoms with E-state index in [-0.39, 0.29) is 24.0 Å². The molecule has 0 atom stereocenters. The van der Waals surface area contributed by atoms with Gasteiger partial charge in [0.2, 0.25) is 11.8 Å². The van der Waals surface area contributed by atoms with E-state index >= 15 is 0 Å². The number of methoxy groups -OCH3 is 1. The minimum Gasteiger partial charge on any atom is -0.497 e. The van der Waals surface area contributed by atoms with Gasteiger partial charge in [-0.05, 0) is 31.2 Å². The third kappa shape index (κ3) is 6.51. The largest absolute Gasteiger partial charge is 0.497 e. The third-order valence-electron chi connectivity index (χ3n) is 5.58. The number of ether oxygens (including phenoxy) is 1. The molecule has 0 radical (unpaired) electrons. The maximum atomic E-state index is 12.8. The lowest BCUT2D eigenvalue weighted by Gasteiger charge is -2.36. The Hall–Kier alpha value is -3.04. The SMILES string of the molecule is COc1cccc(N2CCN(C(=O)Cc3csc(SCC(=O)Nc4ccc(C)cc4)n3)CC2)c1. The summed E-state index contributed by atoms with van der Waals surface area (Å²) in [5.41, 5.74) is 3.80. The van der Waals surface area contributed by atoms with E-state index in [0.717, 1.165) is 45.8 Å². The van der Waals surface area contributed by atoms with Crippen LogP contribution < -0.4 is 15.0 Å². The van der Waals surface area contributed by atoms with Crippen LogP contribution in [0.4, 0.5) is 11.4 Å². The maximum absolute atomic E-state index is 12.8. The molecule has 0 bridgehead atoms. The lowest BCUT2D eigenvalue weighted by molar-refractivity contribution is -0.130. The quantitative estimate of drug-likeness (QED) is 0.474. The van der Waals surface area contributed by atoms with E-state index in [1.54, 1.807) is 7.11 Å². The van der Waals surface area contributed by atoms with Crippen LogP contribution in [0.25, 0.3) is 0 Å².